The maximum atomic E-state index is 4.37. The summed E-state index contributed by atoms with van der Waals surface area (Å²) in [7, 11) is 0. The van der Waals surface area contributed by atoms with E-state index in [4.69, 9.17) is 0 Å². The van der Waals surface area contributed by atoms with Gasteiger partial charge in [-0.3, -0.25) is 0 Å². The lowest BCUT2D eigenvalue weighted by Gasteiger charge is -2.35. The molecular weight excluding hydrogens is 396 g/mol. The molecule has 0 aliphatic heterocycles. The molecule has 3 heteroatoms. The van der Waals surface area contributed by atoms with Gasteiger partial charge in [0.15, 0.2) is 0 Å². The van der Waals surface area contributed by atoms with Crippen molar-refractivity contribution in [3.8, 4) is 0 Å². The Morgan fingerprint density at radius 1 is 1.16 bits per heavy atom. The Kier molecular flexibility index (Phi) is 9.57. The van der Waals surface area contributed by atoms with Crippen LogP contribution in [-0.2, 0) is 0 Å². The Bertz CT molecular complexity index is 712. The Labute approximate surface area is 197 Å². The fourth-order valence-corrected chi connectivity index (χ4v) is 5.96. The summed E-state index contributed by atoms with van der Waals surface area (Å²) in [6, 6.07) is 0.548. The van der Waals surface area contributed by atoms with Gasteiger partial charge in [-0.15, -0.1) is 11.8 Å². The molecular formula is C28H48N2S. The maximum absolute atomic E-state index is 4.37. The van der Waals surface area contributed by atoms with Gasteiger partial charge in [0, 0.05) is 28.4 Å². The summed E-state index contributed by atoms with van der Waals surface area (Å²) in [5.74, 6) is 1.89. The van der Waals surface area contributed by atoms with Gasteiger partial charge in [0.05, 0.1) is 0 Å². The van der Waals surface area contributed by atoms with E-state index in [1.54, 1.807) is 5.57 Å². The molecule has 0 saturated carbocycles. The zero-order valence-electron chi connectivity index (χ0n) is 21.6. The molecule has 0 bridgehead atoms. The smallest absolute Gasteiger partial charge is 0.0352 e. The van der Waals surface area contributed by atoms with Crippen molar-refractivity contribution < 1.29 is 0 Å². The normalized spacial score (nSPS) is 21.5. The molecule has 2 rings (SSSR count). The number of rotatable bonds is 9. The quantitative estimate of drug-likeness (QED) is 0.279. The van der Waals surface area contributed by atoms with Gasteiger partial charge in [-0.2, -0.15) is 0 Å². The van der Waals surface area contributed by atoms with Gasteiger partial charge in [-0.1, -0.05) is 29.9 Å². The largest absolute Gasteiger partial charge is 0.380 e. The van der Waals surface area contributed by atoms with E-state index in [-0.39, 0.29) is 11.1 Å². The van der Waals surface area contributed by atoms with Crippen LogP contribution in [0.1, 0.15) is 100 Å². The minimum atomic E-state index is 0.0410. The van der Waals surface area contributed by atoms with Crippen LogP contribution in [0, 0.1) is 5.92 Å². The SMILES string of the molecule is C=C(NC(C)(C)C)C1=C(SCCCC2=CCCCC2C(C)NC(C)(C)C)CCC(C)=C1. The van der Waals surface area contributed by atoms with Crippen LogP contribution in [0.2, 0.25) is 0 Å². The highest BCUT2D eigenvalue weighted by atomic mass is 32.2. The first-order valence-electron chi connectivity index (χ1n) is 12.3. The summed E-state index contributed by atoms with van der Waals surface area (Å²) in [5, 5.41) is 7.42. The molecule has 0 amide bonds. The van der Waals surface area contributed by atoms with E-state index in [1.807, 2.05) is 0 Å². The molecule has 0 radical (unpaired) electrons. The van der Waals surface area contributed by atoms with Crippen LogP contribution in [0.4, 0.5) is 0 Å². The number of thioether (sulfide) groups is 1. The van der Waals surface area contributed by atoms with Crippen LogP contribution in [0.25, 0.3) is 0 Å². The summed E-state index contributed by atoms with van der Waals surface area (Å²) in [6.45, 7) is 22.4. The molecule has 0 aromatic carbocycles. The average molecular weight is 445 g/mol. The zero-order chi connectivity index (χ0) is 23.2. The Hall–Kier alpha value is -0.930. The second-order valence-electron chi connectivity index (χ2n) is 11.6. The summed E-state index contributed by atoms with van der Waals surface area (Å²) < 4.78 is 0. The van der Waals surface area contributed by atoms with Crippen molar-refractivity contribution in [2.75, 3.05) is 5.75 Å². The van der Waals surface area contributed by atoms with Crippen LogP contribution >= 0.6 is 11.8 Å². The maximum Gasteiger partial charge on any atom is 0.0352 e. The number of allylic oxidation sites excluding steroid dienone is 4. The van der Waals surface area contributed by atoms with Gasteiger partial charge >= 0.3 is 0 Å². The van der Waals surface area contributed by atoms with E-state index < -0.39 is 0 Å². The summed E-state index contributed by atoms with van der Waals surface area (Å²) >= 11 is 2.06. The third kappa shape index (κ3) is 9.22. The average Bonchev–Trinajstić information content (AvgIpc) is 2.63. The molecule has 0 heterocycles. The van der Waals surface area contributed by atoms with Gasteiger partial charge in [-0.05, 0) is 117 Å². The second-order valence-corrected chi connectivity index (χ2v) is 12.8. The second kappa shape index (κ2) is 11.3. The van der Waals surface area contributed by atoms with Crippen LogP contribution < -0.4 is 10.6 Å². The molecule has 31 heavy (non-hydrogen) atoms. The Balaban J connectivity index is 1.95. The molecule has 2 nitrogen and oxygen atoms in total. The molecule has 0 aromatic rings. The molecule has 0 spiro atoms. The molecule has 0 saturated heterocycles. The molecule has 2 N–H and O–H groups in total. The van der Waals surface area contributed by atoms with E-state index in [0.29, 0.717) is 12.0 Å². The molecule has 2 unspecified atom stereocenters. The van der Waals surface area contributed by atoms with Crippen molar-refractivity contribution in [3.05, 3.63) is 46.1 Å². The summed E-state index contributed by atoms with van der Waals surface area (Å²) in [4.78, 5) is 1.52. The fraction of sp³-hybridized carbons (Fsp3) is 0.714. The van der Waals surface area contributed by atoms with Gasteiger partial charge in [0.2, 0.25) is 0 Å². The standard InChI is InChI=1S/C28H48N2S/c1-20-16-17-26(25(19-20)22(3)30-28(7,8)9)31-18-12-14-23-13-10-11-15-24(23)21(2)29-27(4,5)6/h13,19,21,24,29-30H,3,10-12,14-18H2,1-2,4-9H3. The van der Waals surface area contributed by atoms with Crippen molar-refractivity contribution in [2.45, 2.75) is 117 Å². The van der Waals surface area contributed by atoms with Gasteiger partial charge in [0.25, 0.3) is 0 Å². The van der Waals surface area contributed by atoms with Gasteiger partial charge in [-0.25, -0.2) is 0 Å². The van der Waals surface area contributed by atoms with Crippen molar-refractivity contribution in [1.82, 2.24) is 10.6 Å². The monoisotopic (exact) mass is 444 g/mol. The topological polar surface area (TPSA) is 24.1 Å². The minimum absolute atomic E-state index is 0.0410. The van der Waals surface area contributed by atoms with E-state index in [2.05, 4.69) is 96.5 Å². The lowest BCUT2D eigenvalue weighted by atomic mass is 9.80. The van der Waals surface area contributed by atoms with E-state index in [1.165, 1.54) is 60.3 Å². The van der Waals surface area contributed by atoms with Crippen molar-refractivity contribution in [1.29, 1.82) is 0 Å². The first-order valence-corrected chi connectivity index (χ1v) is 13.3. The highest BCUT2D eigenvalue weighted by Gasteiger charge is 2.26. The lowest BCUT2D eigenvalue weighted by molar-refractivity contribution is 0.296. The van der Waals surface area contributed by atoms with E-state index in [9.17, 15) is 0 Å². The highest BCUT2D eigenvalue weighted by molar-refractivity contribution is 8.03. The first-order chi connectivity index (χ1) is 14.4. The van der Waals surface area contributed by atoms with Gasteiger partial charge in [0.1, 0.15) is 0 Å². The Morgan fingerprint density at radius 3 is 2.52 bits per heavy atom. The summed E-state index contributed by atoms with van der Waals surface area (Å²) in [5.41, 5.74) is 5.79. The third-order valence-electron chi connectivity index (χ3n) is 6.04. The van der Waals surface area contributed by atoms with Crippen molar-refractivity contribution in [3.63, 3.8) is 0 Å². The molecule has 0 aromatic heterocycles. The molecule has 2 aliphatic rings. The predicted octanol–water partition coefficient (Wildman–Crippen LogP) is 7.90. The molecule has 0 fully saturated rings. The summed E-state index contributed by atoms with van der Waals surface area (Å²) in [6.07, 6.45) is 13.7. The highest BCUT2D eigenvalue weighted by Crippen LogP contribution is 2.37. The van der Waals surface area contributed by atoms with Gasteiger partial charge < -0.3 is 10.6 Å². The number of hydrogen-bond acceptors (Lipinski definition) is 3. The zero-order valence-corrected chi connectivity index (χ0v) is 22.4. The molecule has 176 valence electrons. The van der Waals surface area contributed by atoms with Crippen LogP contribution in [0.15, 0.2) is 46.1 Å². The third-order valence-corrected chi connectivity index (χ3v) is 7.31. The van der Waals surface area contributed by atoms with Crippen LogP contribution in [0.3, 0.4) is 0 Å². The minimum Gasteiger partial charge on any atom is -0.380 e. The predicted molar refractivity (Wildman–Crippen MR) is 142 cm³/mol. The Morgan fingerprint density at radius 2 is 1.87 bits per heavy atom. The first kappa shape index (κ1) is 26.3. The molecule has 2 atom stereocenters. The number of hydrogen-bond donors (Lipinski definition) is 2. The lowest BCUT2D eigenvalue weighted by Crippen LogP contribution is -2.46. The number of nitrogens with one attached hydrogen (secondary N) is 2. The van der Waals surface area contributed by atoms with Crippen LogP contribution in [0.5, 0.6) is 0 Å². The van der Waals surface area contributed by atoms with Crippen molar-refractivity contribution >= 4 is 11.8 Å². The van der Waals surface area contributed by atoms with E-state index in [0.717, 1.165) is 12.1 Å². The molecule has 2 aliphatic carbocycles. The van der Waals surface area contributed by atoms with Crippen molar-refractivity contribution in [2.24, 2.45) is 5.92 Å². The van der Waals surface area contributed by atoms with E-state index >= 15 is 0 Å². The fourth-order valence-electron chi connectivity index (χ4n) is 4.85. The van der Waals surface area contributed by atoms with Crippen LogP contribution in [-0.4, -0.2) is 22.9 Å².